The Morgan fingerprint density at radius 1 is 1.18 bits per heavy atom. The van der Waals surface area contributed by atoms with Crippen molar-refractivity contribution in [2.24, 2.45) is 5.41 Å². The summed E-state index contributed by atoms with van der Waals surface area (Å²) >= 11 is 0. The lowest BCUT2D eigenvalue weighted by atomic mass is 9.76. The molecule has 1 aromatic carbocycles. The fourth-order valence-electron chi connectivity index (χ4n) is 2.03. The summed E-state index contributed by atoms with van der Waals surface area (Å²) in [5, 5.41) is 0. The molecule has 1 aliphatic rings. The van der Waals surface area contributed by atoms with Crippen LogP contribution in [0.15, 0.2) is 48.1 Å². The van der Waals surface area contributed by atoms with Crippen molar-refractivity contribution in [3.63, 3.8) is 0 Å². The smallest absolute Gasteiger partial charge is 0.172 e. The molecule has 0 bridgehead atoms. The first-order valence-corrected chi connectivity index (χ1v) is 5.99. The molecule has 88 valence electrons. The number of benzene rings is 1. The number of Topliss-reactive ketones (excluding diaryl/α,β-unsaturated/α-hetero) is 1. The molecule has 0 aliphatic heterocycles. The van der Waals surface area contributed by atoms with Crippen molar-refractivity contribution < 1.29 is 4.79 Å². The molecule has 0 unspecified atom stereocenters. The molecule has 0 amide bonds. The van der Waals surface area contributed by atoms with Crippen molar-refractivity contribution in [1.82, 2.24) is 0 Å². The maximum atomic E-state index is 12.5. The minimum absolute atomic E-state index is 0.206. The maximum absolute atomic E-state index is 12.5. The molecule has 0 heterocycles. The van der Waals surface area contributed by atoms with Crippen molar-refractivity contribution >= 4 is 5.78 Å². The summed E-state index contributed by atoms with van der Waals surface area (Å²) in [6, 6.07) is 7.82. The molecule has 0 N–H and O–H groups in total. The Morgan fingerprint density at radius 3 is 2.35 bits per heavy atom. The van der Waals surface area contributed by atoms with E-state index in [2.05, 4.69) is 13.0 Å². The van der Waals surface area contributed by atoms with Crippen LogP contribution >= 0.6 is 0 Å². The third-order valence-corrected chi connectivity index (χ3v) is 3.39. The quantitative estimate of drug-likeness (QED) is 0.694. The van der Waals surface area contributed by atoms with Crippen molar-refractivity contribution in [3.8, 4) is 0 Å². The molecule has 2 rings (SSSR count). The number of hydrogen-bond acceptors (Lipinski definition) is 1. The number of rotatable bonds is 2. The summed E-state index contributed by atoms with van der Waals surface area (Å²) in [5.41, 5.74) is 2.84. The third-order valence-electron chi connectivity index (χ3n) is 3.39. The van der Waals surface area contributed by atoms with Crippen LogP contribution < -0.4 is 0 Å². The van der Waals surface area contributed by atoms with E-state index < -0.39 is 0 Å². The van der Waals surface area contributed by atoms with Gasteiger partial charge < -0.3 is 0 Å². The number of aryl methyl sites for hydroxylation is 1. The van der Waals surface area contributed by atoms with E-state index in [9.17, 15) is 4.79 Å². The highest BCUT2D eigenvalue weighted by atomic mass is 16.1. The Hall–Kier alpha value is -1.63. The van der Waals surface area contributed by atoms with E-state index in [1.165, 1.54) is 11.1 Å². The summed E-state index contributed by atoms with van der Waals surface area (Å²) in [6.07, 6.45) is 6.99. The first-order chi connectivity index (χ1) is 8.01. The minimum atomic E-state index is -0.380. The van der Waals surface area contributed by atoms with Gasteiger partial charge in [0.1, 0.15) is 0 Å². The fourth-order valence-corrected chi connectivity index (χ4v) is 2.03. The van der Waals surface area contributed by atoms with E-state index in [1.54, 1.807) is 0 Å². The van der Waals surface area contributed by atoms with Crippen LogP contribution in [0.2, 0.25) is 0 Å². The van der Waals surface area contributed by atoms with Gasteiger partial charge in [0.2, 0.25) is 0 Å². The van der Waals surface area contributed by atoms with E-state index in [4.69, 9.17) is 0 Å². The zero-order valence-electron chi connectivity index (χ0n) is 10.7. The monoisotopic (exact) mass is 226 g/mol. The third kappa shape index (κ3) is 2.38. The van der Waals surface area contributed by atoms with Crippen molar-refractivity contribution in [2.45, 2.75) is 27.2 Å². The van der Waals surface area contributed by atoms with Crippen molar-refractivity contribution in [2.75, 3.05) is 0 Å². The number of carbonyl (C=O) groups excluding carboxylic acids is 1. The molecule has 0 saturated heterocycles. The van der Waals surface area contributed by atoms with Gasteiger partial charge in [0, 0.05) is 5.56 Å². The van der Waals surface area contributed by atoms with Crippen LogP contribution in [0.25, 0.3) is 0 Å². The van der Waals surface area contributed by atoms with Crippen LogP contribution in [0.1, 0.15) is 36.2 Å². The standard InChI is InChI=1S/C16H18O/c1-12-4-6-14(7-5-12)15(17)16(3)10-8-13(2)9-11-16/h4-10H,11H2,1-3H3/t16-/m0/s1. The van der Waals surface area contributed by atoms with E-state index in [1.807, 2.05) is 50.3 Å². The topological polar surface area (TPSA) is 17.1 Å². The van der Waals surface area contributed by atoms with Crippen LogP contribution in [0, 0.1) is 12.3 Å². The lowest BCUT2D eigenvalue weighted by Crippen LogP contribution is -2.26. The van der Waals surface area contributed by atoms with Crippen molar-refractivity contribution in [3.05, 3.63) is 59.2 Å². The number of carbonyl (C=O) groups is 1. The van der Waals surface area contributed by atoms with E-state index in [0.29, 0.717) is 0 Å². The Kier molecular flexibility index (Phi) is 3.01. The first kappa shape index (κ1) is 11.8. The predicted molar refractivity (Wildman–Crippen MR) is 71.1 cm³/mol. The average Bonchev–Trinajstić information content (AvgIpc) is 2.33. The highest BCUT2D eigenvalue weighted by molar-refractivity contribution is 6.01. The van der Waals surface area contributed by atoms with Crippen LogP contribution in [0.5, 0.6) is 0 Å². The van der Waals surface area contributed by atoms with Gasteiger partial charge in [-0.25, -0.2) is 0 Å². The molecule has 1 aromatic rings. The van der Waals surface area contributed by atoms with E-state index in [-0.39, 0.29) is 11.2 Å². The van der Waals surface area contributed by atoms with Gasteiger partial charge in [-0.3, -0.25) is 4.79 Å². The van der Waals surface area contributed by atoms with Gasteiger partial charge in [-0.05, 0) is 27.2 Å². The first-order valence-electron chi connectivity index (χ1n) is 5.99. The summed E-state index contributed by atoms with van der Waals surface area (Å²) in [5.74, 6) is 0.206. The largest absolute Gasteiger partial charge is 0.293 e. The zero-order valence-corrected chi connectivity index (χ0v) is 10.7. The Balaban J connectivity index is 2.27. The van der Waals surface area contributed by atoms with Gasteiger partial charge in [0.25, 0.3) is 0 Å². The molecule has 17 heavy (non-hydrogen) atoms. The van der Waals surface area contributed by atoms with Gasteiger partial charge in [0.15, 0.2) is 5.78 Å². The average molecular weight is 226 g/mol. The maximum Gasteiger partial charge on any atom is 0.172 e. The molecule has 1 nitrogen and oxygen atoms in total. The van der Waals surface area contributed by atoms with Crippen LogP contribution in [-0.2, 0) is 0 Å². The molecule has 1 heteroatoms. The lowest BCUT2D eigenvalue weighted by Gasteiger charge is -2.26. The number of hydrogen-bond donors (Lipinski definition) is 0. The Labute approximate surface area is 103 Å². The lowest BCUT2D eigenvalue weighted by molar-refractivity contribution is 0.0870. The molecule has 0 saturated carbocycles. The second-order valence-corrected chi connectivity index (χ2v) is 5.10. The molecular weight excluding hydrogens is 208 g/mol. The molecule has 0 aromatic heterocycles. The van der Waals surface area contributed by atoms with Gasteiger partial charge in [-0.1, -0.05) is 53.6 Å². The predicted octanol–water partition coefficient (Wildman–Crippen LogP) is 4.09. The number of ketones is 1. The summed E-state index contributed by atoms with van der Waals surface area (Å²) < 4.78 is 0. The summed E-state index contributed by atoms with van der Waals surface area (Å²) in [7, 11) is 0. The zero-order chi connectivity index (χ0) is 12.5. The SMILES string of the molecule is CC1=CC[C@@](C)(C(=O)c2ccc(C)cc2)C=C1. The van der Waals surface area contributed by atoms with Crippen molar-refractivity contribution in [1.29, 1.82) is 0 Å². The molecular formula is C16H18O. The Bertz CT molecular complexity index is 491. The van der Waals surface area contributed by atoms with Crippen LogP contribution in [0.4, 0.5) is 0 Å². The van der Waals surface area contributed by atoms with Gasteiger partial charge >= 0.3 is 0 Å². The second-order valence-electron chi connectivity index (χ2n) is 5.10. The van der Waals surface area contributed by atoms with Gasteiger partial charge in [-0.2, -0.15) is 0 Å². The minimum Gasteiger partial charge on any atom is -0.293 e. The van der Waals surface area contributed by atoms with E-state index in [0.717, 1.165) is 12.0 Å². The highest BCUT2D eigenvalue weighted by Gasteiger charge is 2.31. The van der Waals surface area contributed by atoms with Gasteiger partial charge in [-0.15, -0.1) is 0 Å². The van der Waals surface area contributed by atoms with E-state index >= 15 is 0 Å². The molecule has 0 radical (unpaired) electrons. The molecule has 1 atom stereocenters. The fraction of sp³-hybridized carbons (Fsp3) is 0.312. The van der Waals surface area contributed by atoms with Crippen LogP contribution in [-0.4, -0.2) is 5.78 Å². The normalized spacial score (nSPS) is 23.4. The van der Waals surface area contributed by atoms with Gasteiger partial charge in [0.05, 0.1) is 5.41 Å². The number of allylic oxidation sites excluding steroid dienone is 4. The molecule has 0 fully saturated rings. The van der Waals surface area contributed by atoms with Crippen LogP contribution in [0.3, 0.4) is 0 Å². The molecule has 0 spiro atoms. The summed E-state index contributed by atoms with van der Waals surface area (Å²) in [6.45, 7) is 6.10. The molecule has 1 aliphatic carbocycles. The summed E-state index contributed by atoms with van der Waals surface area (Å²) in [4.78, 5) is 12.5. The highest BCUT2D eigenvalue weighted by Crippen LogP contribution is 2.33. The Morgan fingerprint density at radius 2 is 1.82 bits per heavy atom. The second kappa shape index (κ2) is 4.33.